The van der Waals surface area contributed by atoms with Crippen molar-refractivity contribution in [3.63, 3.8) is 0 Å². The molecule has 1 aromatic rings. The molecule has 0 heterocycles. The molecule has 1 rings (SSSR count). The first-order chi connectivity index (χ1) is 6.22. The Morgan fingerprint density at radius 2 is 2.00 bits per heavy atom. The van der Waals surface area contributed by atoms with Crippen LogP contribution in [-0.2, 0) is 6.42 Å². The zero-order valence-electron chi connectivity index (χ0n) is 7.63. The first-order valence-electron chi connectivity index (χ1n) is 4.17. The van der Waals surface area contributed by atoms with Crippen molar-refractivity contribution in [3.8, 4) is 0 Å². The minimum atomic E-state index is -0.204. The van der Waals surface area contributed by atoms with Crippen LogP contribution in [0, 0.1) is 11.2 Å². The van der Waals surface area contributed by atoms with E-state index in [0.29, 0.717) is 0 Å². The van der Waals surface area contributed by atoms with Crippen molar-refractivity contribution in [2.75, 3.05) is 13.6 Å². The van der Waals surface area contributed by atoms with Gasteiger partial charge in [-0.25, -0.2) is 4.39 Å². The van der Waals surface area contributed by atoms with E-state index in [1.807, 2.05) is 7.05 Å². The molecular formula is C10H13FN2. The summed E-state index contributed by atoms with van der Waals surface area (Å²) in [6.45, 7) is 0.787. The van der Waals surface area contributed by atoms with Gasteiger partial charge in [0.05, 0.1) is 6.34 Å². The fourth-order valence-corrected chi connectivity index (χ4v) is 1.02. The van der Waals surface area contributed by atoms with E-state index in [4.69, 9.17) is 5.41 Å². The Bertz CT molecular complexity index is 269. The Morgan fingerprint density at radius 3 is 2.54 bits per heavy atom. The molecule has 13 heavy (non-hydrogen) atoms. The van der Waals surface area contributed by atoms with Gasteiger partial charge in [0.15, 0.2) is 0 Å². The van der Waals surface area contributed by atoms with Gasteiger partial charge in [0.2, 0.25) is 0 Å². The number of nitrogens with one attached hydrogen (secondary N) is 1. The van der Waals surface area contributed by atoms with Gasteiger partial charge in [-0.05, 0) is 24.1 Å². The van der Waals surface area contributed by atoms with Crippen LogP contribution in [0.3, 0.4) is 0 Å². The van der Waals surface area contributed by atoms with Crippen molar-refractivity contribution in [1.29, 1.82) is 5.41 Å². The molecule has 0 aliphatic rings. The van der Waals surface area contributed by atoms with Crippen LogP contribution in [0.25, 0.3) is 0 Å². The van der Waals surface area contributed by atoms with Crippen LogP contribution >= 0.6 is 0 Å². The highest BCUT2D eigenvalue weighted by Gasteiger charge is 1.95. The predicted molar refractivity (Wildman–Crippen MR) is 51.5 cm³/mol. The smallest absolute Gasteiger partial charge is 0.123 e. The Kier molecular flexibility index (Phi) is 3.43. The molecule has 0 radical (unpaired) electrons. The summed E-state index contributed by atoms with van der Waals surface area (Å²) < 4.78 is 12.5. The minimum Gasteiger partial charge on any atom is -0.366 e. The molecule has 0 aromatic heterocycles. The second-order valence-corrected chi connectivity index (χ2v) is 2.99. The first kappa shape index (κ1) is 9.71. The number of benzene rings is 1. The van der Waals surface area contributed by atoms with E-state index in [0.717, 1.165) is 18.5 Å². The molecule has 0 aliphatic carbocycles. The van der Waals surface area contributed by atoms with Crippen molar-refractivity contribution >= 4 is 6.34 Å². The highest BCUT2D eigenvalue weighted by atomic mass is 19.1. The lowest BCUT2D eigenvalue weighted by Gasteiger charge is -2.11. The molecule has 0 saturated carbocycles. The summed E-state index contributed by atoms with van der Waals surface area (Å²) in [7, 11) is 1.84. The van der Waals surface area contributed by atoms with Gasteiger partial charge in [-0.2, -0.15) is 0 Å². The maximum absolute atomic E-state index is 12.5. The molecule has 1 N–H and O–H groups in total. The van der Waals surface area contributed by atoms with Crippen molar-refractivity contribution in [2.24, 2.45) is 0 Å². The van der Waals surface area contributed by atoms with Gasteiger partial charge in [-0.1, -0.05) is 12.1 Å². The fraction of sp³-hybridized carbons (Fsp3) is 0.300. The number of nitrogens with zero attached hydrogens (tertiary/aromatic N) is 1. The Labute approximate surface area is 77.5 Å². The van der Waals surface area contributed by atoms with Gasteiger partial charge in [0, 0.05) is 13.6 Å². The molecule has 2 nitrogen and oxygen atoms in total. The van der Waals surface area contributed by atoms with Crippen molar-refractivity contribution < 1.29 is 4.39 Å². The Hall–Kier alpha value is -1.38. The Balaban J connectivity index is 2.45. The van der Waals surface area contributed by atoms with Crippen molar-refractivity contribution in [1.82, 2.24) is 4.90 Å². The SMILES string of the molecule is CN(C=N)CCc1ccc(F)cc1. The molecule has 0 saturated heterocycles. The highest BCUT2D eigenvalue weighted by Crippen LogP contribution is 2.03. The van der Waals surface area contributed by atoms with E-state index in [9.17, 15) is 4.39 Å². The fourth-order valence-electron chi connectivity index (χ4n) is 1.02. The summed E-state index contributed by atoms with van der Waals surface area (Å²) in [6.07, 6.45) is 2.12. The van der Waals surface area contributed by atoms with Crippen LogP contribution in [0.15, 0.2) is 24.3 Å². The van der Waals surface area contributed by atoms with Gasteiger partial charge < -0.3 is 4.90 Å². The third kappa shape index (κ3) is 3.23. The lowest BCUT2D eigenvalue weighted by atomic mass is 10.1. The Morgan fingerprint density at radius 1 is 1.38 bits per heavy atom. The summed E-state index contributed by atoms with van der Waals surface area (Å²) in [6, 6.07) is 6.46. The van der Waals surface area contributed by atoms with Gasteiger partial charge in [0.1, 0.15) is 5.82 Å². The average molecular weight is 180 g/mol. The van der Waals surface area contributed by atoms with Gasteiger partial charge >= 0.3 is 0 Å². The quantitative estimate of drug-likeness (QED) is 0.556. The number of likely N-dealkylation sites (N-methyl/N-ethyl adjacent to an activating group) is 1. The number of hydrogen-bond donors (Lipinski definition) is 1. The highest BCUT2D eigenvalue weighted by molar-refractivity contribution is 5.49. The molecule has 70 valence electrons. The zero-order valence-corrected chi connectivity index (χ0v) is 7.63. The minimum absolute atomic E-state index is 0.204. The molecule has 0 amide bonds. The van der Waals surface area contributed by atoms with E-state index < -0.39 is 0 Å². The lowest BCUT2D eigenvalue weighted by molar-refractivity contribution is 0.520. The van der Waals surface area contributed by atoms with Gasteiger partial charge in [-0.15, -0.1) is 0 Å². The molecule has 0 fully saturated rings. The summed E-state index contributed by atoms with van der Waals surface area (Å²) in [5.74, 6) is -0.204. The summed E-state index contributed by atoms with van der Waals surface area (Å²) in [5.41, 5.74) is 1.09. The van der Waals surface area contributed by atoms with Crippen LogP contribution < -0.4 is 0 Å². The number of hydrogen-bond acceptors (Lipinski definition) is 1. The second kappa shape index (κ2) is 4.60. The third-order valence-corrected chi connectivity index (χ3v) is 1.89. The first-order valence-corrected chi connectivity index (χ1v) is 4.17. The van der Waals surface area contributed by atoms with Crippen molar-refractivity contribution in [2.45, 2.75) is 6.42 Å². The predicted octanol–water partition coefficient (Wildman–Crippen LogP) is 1.91. The number of rotatable bonds is 4. The molecule has 0 unspecified atom stereocenters. The third-order valence-electron chi connectivity index (χ3n) is 1.89. The topological polar surface area (TPSA) is 27.1 Å². The second-order valence-electron chi connectivity index (χ2n) is 2.99. The zero-order chi connectivity index (χ0) is 9.68. The van der Waals surface area contributed by atoms with Gasteiger partial charge in [-0.3, -0.25) is 5.41 Å². The van der Waals surface area contributed by atoms with E-state index in [2.05, 4.69) is 0 Å². The van der Waals surface area contributed by atoms with E-state index in [1.54, 1.807) is 17.0 Å². The van der Waals surface area contributed by atoms with Crippen molar-refractivity contribution in [3.05, 3.63) is 35.6 Å². The summed E-state index contributed by atoms with van der Waals surface area (Å²) in [4.78, 5) is 1.78. The maximum atomic E-state index is 12.5. The van der Waals surface area contributed by atoms with Crippen LogP contribution in [-0.4, -0.2) is 24.8 Å². The molecule has 0 bridgehead atoms. The molecule has 0 atom stereocenters. The normalized spacial score (nSPS) is 9.69. The van der Waals surface area contributed by atoms with Crippen LogP contribution in [0.1, 0.15) is 5.56 Å². The van der Waals surface area contributed by atoms with Crippen LogP contribution in [0.5, 0.6) is 0 Å². The maximum Gasteiger partial charge on any atom is 0.123 e. The summed E-state index contributed by atoms with van der Waals surface area (Å²) >= 11 is 0. The molecular weight excluding hydrogens is 167 g/mol. The van der Waals surface area contributed by atoms with Crippen LogP contribution in [0.2, 0.25) is 0 Å². The number of halogens is 1. The monoisotopic (exact) mass is 180 g/mol. The van der Waals surface area contributed by atoms with E-state index >= 15 is 0 Å². The van der Waals surface area contributed by atoms with E-state index in [-0.39, 0.29) is 5.82 Å². The standard InChI is InChI=1S/C10H13FN2/c1-13(8-12)7-6-9-2-4-10(11)5-3-9/h2-5,8,12H,6-7H2,1H3. The van der Waals surface area contributed by atoms with E-state index in [1.165, 1.54) is 18.5 Å². The molecule has 1 aromatic carbocycles. The molecule has 3 heteroatoms. The molecule has 0 spiro atoms. The largest absolute Gasteiger partial charge is 0.366 e. The molecule has 0 aliphatic heterocycles. The van der Waals surface area contributed by atoms with Gasteiger partial charge in [0.25, 0.3) is 0 Å². The summed E-state index contributed by atoms with van der Waals surface area (Å²) in [5, 5.41) is 6.95. The van der Waals surface area contributed by atoms with Crippen LogP contribution in [0.4, 0.5) is 4.39 Å². The lowest BCUT2D eigenvalue weighted by Crippen LogP contribution is -2.18. The average Bonchev–Trinajstić information content (AvgIpc) is 2.16.